The van der Waals surface area contributed by atoms with Gasteiger partial charge in [-0.1, -0.05) is 36.4 Å². The highest BCUT2D eigenvalue weighted by Crippen LogP contribution is 2.38. The molecule has 7 heteroatoms. The Balaban J connectivity index is 1.55. The predicted octanol–water partition coefficient (Wildman–Crippen LogP) is 6.52. The van der Waals surface area contributed by atoms with Crippen LogP contribution in [0, 0.1) is 20.8 Å². The van der Waals surface area contributed by atoms with Gasteiger partial charge in [0.2, 0.25) is 0 Å². The summed E-state index contributed by atoms with van der Waals surface area (Å²) in [7, 11) is 0. The Morgan fingerprint density at radius 3 is 2.75 bits per heavy atom. The number of hydrogen-bond donors (Lipinski definition) is 1. The lowest BCUT2D eigenvalue weighted by molar-refractivity contribution is 0.0728. The minimum atomic E-state index is -0.191. The maximum atomic E-state index is 13.8. The minimum Gasteiger partial charge on any atom is -0.340 e. The monoisotopic (exact) mass is 506 g/mol. The number of fused-ring (bicyclic) bond motifs is 1. The van der Waals surface area contributed by atoms with E-state index >= 15 is 0 Å². The van der Waals surface area contributed by atoms with Crippen LogP contribution in [-0.2, 0) is 0 Å². The number of halogens is 1. The molecule has 0 unspecified atom stereocenters. The molecule has 2 aromatic heterocycles. The molecule has 5 rings (SSSR count). The van der Waals surface area contributed by atoms with Crippen LogP contribution in [-0.4, -0.2) is 32.3 Å². The molecule has 32 heavy (non-hydrogen) atoms. The van der Waals surface area contributed by atoms with E-state index in [0.717, 1.165) is 42.4 Å². The lowest BCUT2D eigenvalue weighted by Gasteiger charge is -2.22. The number of hydrogen-bond acceptors (Lipinski definition) is 4. The Bertz CT molecular complexity index is 1390. The van der Waals surface area contributed by atoms with Crippen LogP contribution in [0.25, 0.3) is 21.5 Å². The van der Waals surface area contributed by atoms with Gasteiger partial charge < -0.3 is 9.88 Å². The van der Waals surface area contributed by atoms with Crippen molar-refractivity contribution in [2.75, 3.05) is 6.54 Å². The zero-order chi connectivity index (χ0) is 22.6. The molecule has 1 amide bonds. The van der Waals surface area contributed by atoms with Crippen molar-refractivity contribution in [1.82, 2.24) is 19.9 Å². The summed E-state index contributed by atoms with van der Waals surface area (Å²) in [4.78, 5) is 29.4. The molecular formula is C25H23BrN4OS. The van der Waals surface area contributed by atoms with Crippen molar-refractivity contribution in [3.63, 3.8) is 0 Å². The SMILES string of the molecule is C=C1C[C@@H](c2nc3c(Br)cccc3[nH]2)N(C(=O)c2nc(C)sc2-c2ccc(C)c(C)c2)C1. The number of aryl methyl sites for hydroxylation is 3. The van der Waals surface area contributed by atoms with E-state index in [-0.39, 0.29) is 11.9 Å². The summed E-state index contributed by atoms with van der Waals surface area (Å²) in [6.07, 6.45) is 0.686. The van der Waals surface area contributed by atoms with Crippen molar-refractivity contribution in [1.29, 1.82) is 0 Å². The van der Waals surface area contributed by atoms with E-state index in [1.54, 1.807) is 11.3 Å². The fourth-order valence-electron chi connectivity index (χ4n) is 4.22. The number of carbonyl (C=O) groups excluding carboxylic acids is 1. The fourth-order valence-corrected chi connectivity index (χ4v) is 5.58. The van der Waals surface area contributed by atoms with Crippen LogP contribution in [0.5, 0.6) is 0 Å². The van der Waals surface area contributed by atoms with E-state index in [4.69, 9.17) is 4.98 Å². The van der Waals surface area contributed by atoms with Crippen molar-refractivity contribution in [3.05, 3.63) is 80.7 Å². The highest BCUT2D eigenvalue weighted by atomic mass is 79.9. The largest absolute Gasteiger partial charge is 0.340 e. The van der Waals surface area contributed by atoms with Gasteiger partial charge in [-0.3, -0.25) is 4.79 Å². The number of para-hydroxylation sites is 1. The van der Waals surface area contributed by atoms with Gasteiger partial charge in [0, 0.05) is 11.0 Å². The molecule has 1 fully saturated rings. The van der Waals surface area contributed by atoms with Gasteiger partial charge in [0.05, 0.1) is 21.4 Å². The first-order chi connectivity index (χ1) is 15.3. The predicted molar refractivity (Wildman–Crippen MR) is 133 cm³/mol. The number of carbonyl (C=O) groups is 1. The lowest BCUT2D eigenvalue weighted by Crippen LogP contribution is -2.31. The third-order valence-electron chi connectivity index (χ3n) is 6.02. The van der Waals surface area contributed by atoms with E-state index in [9.17, 15) is 4.79 Å². The number of likely N-dealkylation sites (tertiary alicyclic amines) is 1. The summed E-state index contributed by atoms with van der Waals surface area (Å²) < 4.78 is 0.930. The number of benzene rings is 2. The number of aromatic amines is 1. The second kappa shape index (κ2) is 7.98. The van der Waals surface area contributed by atoms with Crippen LogP contribution in [0.3, 0.4) is 0 Å². The van der Waals surface area contributed by atoms with Gasteiger partial charge in [0.25, 0.3) is 5.91 Å². The molecule has 5 nitrogen and oxygen atoms in total. The molecule has 1 atom stereocenters. The van der Waals surface area contributed by atoms with Crippen molar-refractivity contribution in [3.8, 4) is 10.4 Å². The summed E-state index contributed by atoms with van der Waals surface area (Å²) in [5.74, 6) is 0.698. The number of amides is 1. The fraction of sp³-hybridized carbons (Fsp3) is 0.240. The summed E-state index contributed by atoms with van der Waals surface area (Å²) in [5, 5.41) is 0.879. The number of aromatic nitrogens is 3. The second-order valence-electron chi connectivity index (χ2n) is 8.37. The molecule has 0 spiro atoms. The van der Waals surface area contributed by atoms with E-state index in [1.165, 1.54) is 11.1 Å². The van der Waals surface area contributed by atoms with Gasteiger partial charge in [-0.25, -0.2) is 9.97 Å². The first kappa shape index (κ1) is 21.1. The maximum Gasteiger partial charge on any atom is 0.274 e. The van der Waals surface area contributed by atoms with E-state index in [2.05, 4.69) is 64.5 Å². The molecule has 1 aliphatic rings. The minimum absolute atomic E-state index is 0.0780. The lowest BCUT2D eigenvalue weighted by atomic mass is 10.0. The number of nitrogens with one attached hydrogen (secondary N) is 1. The first-order valence-corrected chi connectivity index (χ1v) is 12.1. The topological polar surface area (TPSA) is 61.9 Å². The van der Waals surface area contributed by atoms with Crippen LogP contribution in [0.1, 0.15) is 44.9 Å². The van der Waals surface area contributed by atoms with Crippen LogP contribution >= 0.6 is 27.3 Å². The zero-order valence-electron chi connectivity index (χ0n) is 18.2. The molecule has 1 aliphatic heterocycles. The standard InChI is InChI=1S/C25H23BrN4OS/c1-13-10-20(24-28-19-7-5-6-18(26)21(19)29-24)30(12-13)25(31)22-23(32-16(4)27-22)17-9-8-14(2)15(3)11-17/h5-9,11,20H,1,10,12H2,2-4H3,(H,28,29)/t20-/m0/s1. The van der Waals surface area contributed by atoms with Crippen LogP contribution in [0.15, 0.2) is 53.0 Å². The smallest absolute Gasteiger partial charge is 0.274 e. The highest BCUT2D eigenvalue weighted by molar-refractivity contribution is 9.10. The van der Waals surface area contributed by atoms with Crippen molar-refractivity contribution in [2.24, 2.45) is 0 Å². The summed E-state index contributed by atoms with van der Waals surface area (Å²) in [5.41, 5.74) is 6.80. The molecular weight excluding hydrogens is 484 g/mol. The van der Waals surface area contributed by atoms with Crippen molar-refractivity contribution < 1.29 is 4.79 Å². The molecule has 4 aromatic rings. The molecule has 1 saturated heterocycles. The van der Waals surface area contributed by atoms with E-state index in [0.29, 0.717) is 18.7 Å². The average molecular weight is 507 g/mol. The number of rotatable bonds is 3. The Kier molecular flexibility index (Phi) is 5.26. The molecule has 0 bridgehead atoms. The highest BCUT2D eigenvalue weighted by Gasteiger charge is 2.37. The van der Waals surface area contributed by atoms with Crippen LogP contribution in [0.4, 0.5) is 0 Å². The first-order valence-electron chi connectivity index (χ1n) is 10.5. The zero-order valence-corrected chi connectivity index (χ0v) is 20.6. The van der Waals surface area contributed by atoms with Gasteiger partial charge in [0.15, 0.2) is 0 Å². The summed E-state index contributed by atoms with van der Waals surface area (Å²) in [6.45, 7) is 10.8. The Morgan fingerprint density at radius 2 is 2.00 bits per heavy atom. The van der Waals surface area contributed by atoms with Gasteiger partial charge in [-0.05, 0) is 71.9 Å². The number of nitrogens with zero attached hydrogens (tertiary/aromatic N) is 3. The summed E-state index contributed by atoms with van der Waals surface area (Å²) in [6, 6.07) is 12.0. The molecule has 0 radical (unpaired) electrons. The average Bonchev–Trinajstić information content (AvgIpc) is 3.46. The quantitative estimate of drug-likeness (QED) is 0.321. The van der Waals surface area contributed by atoms with Gasteiger partial charge >= 0.3 is 0 Å². The molecule has 0 aliphatic carbocycles. The number of thiazole rings is 1. The van der Waals surface area contributed by atoms with Crippen LogP contribution in [0.2, 0.25) is 0 Å². The van der Waals surface area contributed by atoms with Crippen LogP contribution < -0.4 is 0 Å². The molecule has 0 saturated carbocycles. The molecule has 162 valence electrons. The number of H-pyrrole nitrogens is 1. The Morgan fingerprint density at radius 1 is 1.19 bits per heavy atom. The van der Waals surface area contributed by atoms with Gasteiger partial charge in [-0.15, -0.1) is 11.3 Å². The summed E-state index contributed by atoms with van der Waals surface area (Å²) >= 11 is 5.13. The van der Waals surface area contributed by atoms with Crippen molar-refractivity contribution >= 4 is 44.2 Å². The molecule has 2 aromatic carbocycles. The third-order valence-corrected chi connectivity index (χ3v) is 7.68. The number of imidazole rings is 1. The molecule has 1 N–H and O–H groups in total. The van der Waals surface area contributed by atoms with Gasteiger partial charge in [-0.2, -0.15) is 0 Å². The Hall–Kier alpha value is -2.77. The third kappa shape index (κ3) is 3.59. The van der Waals surface area contributed by atoms with E-state index in [1.807, 2.05) is 30.0 Å². The van der Waals surface area contributed by atoms with Gasteiger partial charge in [0.1, 0.15) is 17.0 Å². The van der Waals surface area contributed by atoms with E-state index < -0.39 is 0 Å². The second-order valence-corrected chi connectivity index (χ2v) is 10.4. The normalized spacial score (nSPS) is 16.3. The maximum absolute atomic E-state index is 13.8. The Labute approximate surface area is 199 Å². The van der Waals surface area contributed by atoms with Crippen molar-refractivity contribution in [2.45, 2.75) is 33.2 Å². The molecule has 3 heterocycles.